The molecule has 0 heterocycles. The highest BCUT2D eigenvalue weighted by molar-refractivity contribution is 5.97. The van der Waals surface area contributed by atoms with E-state index in [1.807, 2.05) is 31.2 Å². The fourth-order valence-electron chi connectivity index (χ4n) is 2.22. The summed E-state index contributed by atoms with van der Waals surface area (Å²) in [6.07, 6.45) is 0.846. The number of nitrogens with two attached hydrogens (primary N) is 1. The first-order chi connectivity index (χ1) is 11.0. The summed E-state index contributed by atoms with van der Waals surface area (Å²) < 4.78 is 5.56. The molecule has 2 aromatic carbocycles. The molecule has 0 spiro atoms. The standard InChI is InChI=1S/C18H20N2O3/c1-3-9-23-17-8-7-14(11-16(17)18(19)22)13-5-4-6-15(10-13)20-12(2)21/h4-8,10-11H,3,9H2,1-2H3,(H2,19,22)(H,20,21). The van der Waals surface area contributed by atoms with Crippen molar-refractivity contribution in [3.8, 4) is 16.9 Å². The second-order valence-electron chi connectivity index (χ2n) is 5.19. The van der Waals surface area contributed by atoms with E-state index in [9.17, 15) is 9.59 Å². The largest absolute Gasteiger partial charge is 0.493 e. The minimum atomic E-state index is -0.532. The average molecular weight is 312 g/mol. The van der Waals surface area contributed by atoms with E-state index in [0.717, 1.165) is 17.5 Å². The predicted molar refractivity (Wildman–Crippen MR) is 90.5 cm³/mol. The van der Waals surface area contributed by atoms with Crippen LogP contribution in [-0.4, -0.2) is 18.4 Å². The van der Waals surface area contributed by atoms with Gasteiger partial charge in [0.2, 0.25) is 5.91 Å². The quantitative estimate of drug-likeness (QED) is 0.859. The minimum absolute atomic E-state index is 0.136. The first-order valence-corrected chi connectivity index (χ1v) is 7.46. The summed E-state index contributed by atoms with van der Waals surface area (Å²) in [6.45, 7) is 3.97. The Morgan fingerprint density at radius 2 is 1.87 bits per heavy atom. The lowest BCUT2D eigenvalue weighted by Crippen LogP contribution is -2.13. The number of rotatable bonds is 6. The second-order valence-corrected chi connectivity index (χ2v) is 5.19. The van der Waals surface area contributed by atoms with Crippen molar-refractivity contribution >= 4 is 17.5 Å². The molecule has 23 heavy (non-hydrogen) atoms. The lowest BCUT2D eigenvalue weighted by atomic mass is 10.0. The van der Waals surface area contributed by atoms with Crippen LogP contribution in [0.25, 0.3) is 11.1 Å². The van der Waals surface area contributed by atoms with Crippen LogP contribution >= 0.6 is 0 Å². The third kappa shape index (κ3) is 4.32. The van der Waals surface area contributed by atoms with E-state index in [2.05, 4.69) is 5.32 Å². The first-order valence-electron chi connectivity index (χ1n) is 7.46. The molecule has 0 aromatic heterocycles. The number of ether oxygens (including phenoxy) is 1. The smallest absolute Gasteiger partial charge is 0.252 e. The highest BCUT2D eigenvalue weighted by Crippen LogP contribution is 2.28. The molecular formula is C18H20N2O3. The molecule has 0 saturated carbocycles. The Morgan fingerprint density at radius 1 is 1.13 bits per heavy atom. The fourth-order valence-corrected chi connectivity index (χ4v) is 2.22. The Labute approximate surface area is 135 Å². The van der Waals surface area contributed by atoms with Crippen molar-refractivity contribution < 1.29 is 14.3 Å². The van der Waals surface area contributed by atoms with Crippen LogP contribution in [0.3, 0.4) is 0 Å². The van der Waals surface area contributed by atoms with E-state index in [1.54, 1.807) is 18.2 Å². The number of anilines is 1. The van der Waals surface area contributed by atoms with Crippen molar-refractivity contribution in [3.63, 3.8) is 0 Å². The van der Waals surface area contributed by atoms with Gasteiger partial charge < -0.3 is 15.8 Å². The molecule has 2 aromatic rings. The molecule has 0 saturated heterocycles. The third-order valence-electron chi connectivity index (χ3n) is 3.22. The van der Waals surface area contributed by atoms with Gasteiger partial charge in [0, 0.05) is 12.6 Å². The second kappa shape index (κ2) is 7.45. The Hall–Kier alpha value is -2.82. The Balaban J connectivity index is 2.38. The number of carbonyl (C=O) groups is 2. The van der Waals surface area contributed by atoms with Crippen LogP contribution in [0.15, 0.2) is 42.5 Å². The van der Waals surface area contributed by atoms with Crippen LogP contribution in [0.1, 0.15) is 30.6 Å². The zero-order valence-corrected chi connectivity index (χ0v) is 13.3. The maximum atomic E-state index is 11.7. The third-order valence-corrected chi connectivity index (χ3v) is 3.22. The van der Waals surface area contributed by atoms with Gasteiger partial charge in [-0.05, 0) is 41.8 Å². The van der Waals surface area contributed by atoms with Crippen LogP contribution in [0, 0.1) is 0 Å². The van der Waals surface area contributed by atoms with E-state index < -0.39 is 5.91 Å². The van der Waals surface area contributed by atoms with Gasteiger partial charge in [-0.2, -0.15) is 0 Å². The van der Waals surface area contributed by atoms with E-state index in [-0.39, 0.29) is 5.91 Å². The fraction of sp³-hybridized carbons (Fsp3) is 0.222. The van der Waals surface area contributed by atoms with Crippen molar-refractivity contribution in [1.29, 1.82) is 0 Å². The average Bonchev–Trinajstić information content (AvgIpc) is 2.52. The van der Waals surface area contributed by atoms with Gasteiger partial charge in [0.1, 0.15) is 5.75 Å². The monoisotopic (exact) mass is 312 g/mol. The molecule has 5 heteroatoms. The molecule has 2 rings (SSSR count). The molecule has 2 amide bonds. The van der Waals surface area contributed by atoms with Gasteiger partial charge in [-0.1, -0.05) is 25.1 Å². The van der Waals surface area contributed by atoms with Gasteiger partial charge in [-0.25, -0.2) is 0 Å². The van der Waals surface area contributed by atoms with Crippen molar-refractivity contribution in [1.82, 2.24) is 0 Å². The number of amides is 2. The zero-order chi connectivity index (χ0) is 16.8. The molecule has 0 radical (unpaired) electrons. The summed E-state index contributed by atoms with van der Waals surface area (Å²) >= 11 is 0. The van der Waals surface area contributed by atoms with Gasteiger partial charge in [0.15, 0.2) is 0 Å². The summed E-state index contributed by atoms with van der Waals surface area (Å²) in [5.74, 6) is -0.180. The lowest BCUT2D eigenvalue weighted by Gasteiger charge is -2.11. The molecule has 3 N–H and O–H groups in total. The van der Waals surface area contributed by atoms with Crippen molar-refractivity contribution in [2.75, 3.05) is 11.9 Å². The van der Waals surface area contributed by atoms with Gasteiger partial charge in [-0.3, -0.25) is 9.59 Å². The van der Waals surface area contributed by atoms with Crippen LogP contribution < -0.4 is 15.8 Å². The van der Waals surface area contributed by atoms with E-state index in [4.69, 9.17) is 10.5 Å². The lowest BCUT2D eigenvalue weighted by molar-refractivity contribution is -0.114. The van der Waals surface area contributed by atoms with Crippen LogP contribution in [-0.2, 0) is 4.79 Å². The summed E-state index contributed by atoms with van der Waals surface area (Å²) in [6, 6.07) is 12.7. The number of carbonyl (C=O) groups excluding carboxylic acids is 2. The van der Waals surface area contributed by atoms with Gasteiger partial charge >= 0.3 is 0 Å². The summed E-state index contributed by atoms with van der Waals surface area (Å²) in [7, 11) is 0. The number of benzene rings is 2. The van der Waals surface area contributed by atoms with Gasteiger partial charge in [0.05, 0.1) is 12.2 Å². The highest BCUT2D eigenvalue weighted by Gasteiger charge is 2.12. The highest BCUT2D eigenvalue weighted by atomic mass is 16.5. The van der Waals surface area contributed by atoms with Crippen LogP contribution in [0.5, 0.6) is 5.75 Å². The molecule has 0 fully saturated rings. The minimum Gasteiger partial charge on any atom is -0.493 e. The topological polar surface area (TPSA) is 81.4 Å². The Kier molecular flexibility index (Phi) is 5.36. The molecule has 120 valence electrons. The Bertz CT molecular complexity index is 726. The van der Waals surface area contributed by atoms with Gasteiger partial charge in [0.25, 0.3) is 5.91 Å². The number of nitrogens with one attached hydrogen (secondary N) is 1. The van der Waals surface area contributed by atoms with E-state index >= 15 is 0 Å². The first kappa shape index (κ1) is 16.5. The zero-order valence-electron chi connectivity index (χ0n) is 13.3. The normalized spacial score (nSPS) is 10.2. The number of primary amides is 1. The molecule has 0 bridgehead atoms. The molecule has 0 aliphatic rings. The summed E-state index contributed by atoms with van der Waals surface area (Å²) in [5.41, 5.74) is 8.20. The summed E-state index contributed by atoms with van der Waals surface area (Å²) in [5, 5.41) is 2.74. The molecule has 0 aliphatic heterocycles. The SMILES string of the molecule is CCCOc1ccc(-c2cccc(NC(C)=O)c2)cc1C(N)=O. The van der Waals surface area contributed by atoms with Crippen LogP contribution in [0.4, 0.5) is 5.69 Å². The predicted octanol–water partition coefficient (Wildman–Crippen LogP) is 3.20. The maximum absolute atomic E-state index is 11.7. The van der Waals surface area contributed by atoms with Crippen molar-refractivity contribution in [2.24, 2.45) is 5.73 Å². The molecule has 0 atom stereocenters. The molecule has 5 nitrogen and oxygen atoms in total. The van der Waals surface area contributed by atoms with Crippen LogP contribution in [0.2, 0.25) is 0 Å². The molecular weight excluding hydrogens is 292 g/mol. The number of hydrogen-bond acceptors (Lipinski definition) is 3. The maximum Gasteiger partial charge on any atom is 0.252 e. The van der Waals surface area contributed by atoms with E-state index in [1.165, 1.54) is 6.92 Å². The van der Waals surface area contributed by atoms with Crippen molar-refractivity contribution in [3.05, 3.63) is 48.0 Å². The number of hydrogen-bond donors (Lipinski definition) is 2. The summed E-state index contributed by atoms with van der Waals surface area (Å²) in [4.78, 5) is 22.8. The van der Waals surface area contributed by atoms with Crippen molar-refractivity contribution in [2.45, 2.75) is 20.3 Å². The molecule has 0 aliphatic carbocycles. The van der Waals surface area contributed by atoms with Gasteiger partial charge in [-0.15, -0.1) is 0 Å². The van der Waals surface area contributed by atoms with E-state index in [0.29, 0.717) is 23.6 Å². The Morgan fingerprint density at radius 3 is 2.52 bits per heavy atom. The molecule has 0 unspecified atom stereocenters.